The van der Waals surface area contributed by atoms with Crippen LogP contribution in [0.2, 0.25) is 0 Å². The van der Waals surface area contributed by atoms with Gasteiger partial charge in [0.2, 0.25) is 0 Å². The van der Waals surface area contributed by atoms with Gasteiger partial charge in [0, 0.05) is 19.0 Å². The first-order valence-electron chi connectivity index (χ1n) is 24.5. The van der Waals surface area contributed by atoms with E-state index in [1.165, 1.54) is 56.7 Å². The number of phosphoric ester groups is 2. The fraction of sp³-hybridized carbons (Fsp3) is 0.667. The maximum absolute atomic E-state index is 12.9. The van der Waals surface area contributed by atoms with Crippen molar-refractivity contribution in [2.75, 3.05) is 25.6 Å². The Morgan fingerprint density at radius 2 is 1.38 bits per heavy atom. The lowest BCUT2D eigenvalue weighted by atomic mass is 10.0. The van der Waals surface area contributed by atoms with Gasteiger partial charge in [0.1, 0.15) is 30.7 Å². The van der Waals surface area contributed by atoms with Gasteiger partial charge >= 0.3 is 33.3 Å². The lowest BCUT2D eigenvalue weighted by Crippen LogP contribution is -2.36. The number of carbonyl (C=O) groups is 2. The molecule has 1 aliphatic heterocycles. The van der Waals surface area contributed by atoms with E-state index in [0.717, 1.165) is 48.8 Å². The molecule has 0 aromatic carbocycles. The van der Waals surface area contributed by atoms with Gasteiger partial charge in [0.25, 0.3) is 0 Å². The van der Waals surface area contributed by atoms with Gasteiger partial charge < -0.3 is 55.3 Å². The number of aliphatic hydroxyl groups excluding tert-OH is 5. The molecule has 0 bridgehead atoms. The van der Waals surface area contributed by atoms with E-state index in [-0.39, 0.29) is 31.5 Å². The number of phosphoric acid groups is 2. The normalized spacial score (nSPS) is 21.1. The Kier molecular flexibility index (Phi) is 31.7. The first kappa shape index (κ1) is 63.5. The molecule has 0 radical (unpaired) electrons. The summed E-state index contributed by atoms with van der Waals surface area (Å²) in [7, 11) is -11.0. The highest BCUT2D eigenvalue weighted by atomic mass is 31.3. The molecule has 23 heteroatoms. The largest absolute Gasteiger partial charge is 0.481 e. The first-order chi connectivity index (χ1) is 33.7. The number of ether oxygens (including phenoxy) is 3. The second kappa shape index (κ2) is 35.5. The second-order valence-corrected chi connectivity index (χ2v) is 20.7. The van der Waals surface area contributed by atoms with Crippen molar-refractivity contribution < 1.29 is 81.6 Å². The molecule has 1 aromatic heterocycles. The number of aliphatic hydroxyl groups is 5. The van der Waals surface area contributed by atoms with Crippen molar-refractivity contribution in [3.05, 3.63) is 83.5 Å². The smallest absolute Gasteiger partial charge is 0.462 e. The molecule has 1 saturated heterocycles. The number of hydrogen-bond donors (Lipinski definition) is 8. The third-order valence-corrected chi connectivity index (χ3v) is 13.5. The molecule has 0 saturated carbocycles. The molecule has 2 heterocycles. The summed E-state index contributed by atoms with van der Waals surface area (Å²) in [6.45, 7) is 3.88. The Morgan fingerprint density at radius 3 is 2.01 bits per heavy atom. The number of nitrogens with two attached hydrogens (primary N) is 1. The summed E-state index contributed by atoms with van der Waals surface area (Å²) in [6, 6.07) is 1.22. The SMILES string of the molecule is CC/C=C\C[C@H](O)/C=C/C=C/C=C\C=C/[C@@H](O)[C@H](O)CCCC(=O)O[C@H](COC(=O)CCCCCCCCCCCCC(C)C)COP(=O)(O)OP(=O)(O)OC[C@H]1O[C@@H](n2ccc(N)nc2=O)[C@H](O)[C@@H]1O. The average molecular weight is 1050 g/mol. The minimum Gasteiger partial charge on any atom is -0.462 e. The zero-order valence-electron chi connectivity index (χ0n) is 41.3. The molecule has 10 atom stereocenters. The molecule has 71 heavy (non-hydrogen) atoms. The molecule has 1 aromatic rings. The van der Waals surface area contributed by atoms with Gasteiger partial charge in [-0.1, -0.05) is 146 Å². The quantitative estimate of drug-likeness (QED) is 0.0118. The maximum Gasteiger partial charge on any atom is 0.481 e. The van der Waals surface area contributed by atoms with Crippen molar-refractivity contribution in [1.82, 2.24) is 9.55 Å². The Hall–Kier alpha value is -3.66. The van der Waals surface area contributed by atoms with Crippen molar-refractivity contribution in [3.63, 3.8) is 0 Å². The van der Waals surface area contributed by atoms with Crippen LogP contribution in [-0.4, -0.2) is 119 Å². The van der Waals surface area contributed by atoms with Crippen LogP contribution in [0.5, 0.6) is 0 Å². The van der Waals surface area contributed by atoms with Crippen LogP contribution in [-0.2, 0) is 46.3 Å². The maximum atomic E-state index is 12.9. The first-order valence-corrected chi connectivity index (χ1v) is 27.5. The number of rotatable bonds is 38. The molecular weight excluding hydrogens is 968 g/mol. The molecule has 1 fully saturated rings. The van der Waals surface area contributed by atoms with Crippen LogP contribution >= 0.6 is 15.6 Å². The highest BCUT2D eigenvalue weighted by Gasteiger charge is 2.46. The van der Waals surface area contributed by atoms with Crippen molar-refractivity contribution in [1.29, 1.82) is 0 Å². The summed E-state index contributed by atoms with van der Waals surface area (Å²) < 4.78 is 56.4. The topological polar surface area (TPSA) is 326 Å². The monoisotopic (exact) mass is 1050 g/mol. The Balaban J connectivity index is 1.91. The van der Waals surface area contributed by atoms with Gasteiger partial charge in [0.05, 0.1) is 31.5 Å². The van der Waals surface area contributed by atoms with E-state index in [4.69, 9.17) is 29.0 Å². The van der Waals surface area contributed by atoms with Crippen molar-refractivity contribution in [2.24, 2.45) is 5.92 Å². The number of aromatic nitrogens is 2. The van der Waals surface area contributed by atoms with Crippen LogP contribution < -0.4 is 11.4 Å². The summed E-state index contributed by atoms with van der Waals surface area (Å²) in [5.74, 6) is -0.924. The Morgan fingerprint density at radius 1 is 0.789 bits per heavy atom. The van der Waals surface area contributed by atoms with E-state index < -0.39 is 102 Å². The van der Waals surface area contributed by atoms with Crippen molar-refractivity contribution >= 4 is 33.4 Å². The number of esters is 2. The molecular formula is C48H79N3O18P2. The summed E-state index contributed by atoms with van der Waals surface area (Å²) in [5, 5.41) is 51.6. The molecule has 0 spiro atoms. The molecule has 9 N–H and O–H groups in total. The van der Waals surface area contributed by atoms with Crippen LogP contribution in [0.1, 0.15) is 136 Å². The Labute approximate surface area is 417 Å². The van der Waals surface area contributed by atoms with Gasteiger partial charge in [-0.25, -0.2) is 13.9 Å². The fourth-order valence-electron chi connectivity index (χ4n) is 6.96. The lowest BCUT2D eigenvalue weighted by molar-refractivity contribution is -0.161. The molecule has 2 rings (SSSR count). The highest BCUT2D eigenvalue weighted by molar-refractivity contribution is 7.61. The van der Waals surface area contributed by atoms with Crippen LogP contribution in [0.4, 0.5) is 5.82 Å². The van der Waals surface area contributed by atoms with E-state index in [9.17, 15) is 58.8 Å². The van der Waals surface area contributed by atoms with Crippen molar-refractivity contribution in [3.8, 4) is 0 Å². The van der Waals surface area contributed by atoms with E-state index in [0.29, 0.717) is 12.8 Å². The van der Waals surface area contributed by atoms with Gasteiger partial charge in [0.15, 0.2) is 12.3 Å². The minimum atomic E-state index is -5.51. The lowest BCUT2D eigenvalue weighted by Gasteiger charge is -2.21. The molecule has 404 valence electrons. The minimum absolute atomic E-state index is 0.0268. The zero-order valence-corrected chi connectivity index (χ0v) is 43.0. The Bertz CT molecular complexity index is 1990. The summed E-state index contributed by atoms with van der Waals surface area (Å²) in [6.07, 6.45) is 19.8. The van der Waals surface area contributed by atoms with Gasteiger partial charge in [-0.05, 0) is 44.1 Å². The van der Waals surface area contributed by atoms with Crippen LogP contribution in [0.3, 0.4) is 0 Å². The van der Waals surface area contributed by atoms with E-state index >= 15 is 0 Å². The third kappa shape index (κ3) is 29.0. The van der Waals surface area contributed by atoms with Gasteiger partial charge in [-0.3, -0.25) is 23.2 Å². The van der Waals surface area contributed by atoms with Crippen LogP contribution in [0.15, 0.2) is 77.8 Å². The molecule has 0 aliphatic carbocycles. The predicted molar refractivity (Wildman–Crippen MR) is 265 cm³/mol. The van der Waals surface area contributed by atoms with E-state index in [1.807, 2.05) is 19.1 Å². The second-order valence-electron chi connectivity index (χ2n) is 17.6. The molecule has 21 nitrogen and oxygen atoms in total. The highest BCUT2D eigenvalue weighted by Crippen LogP contribution is 2.60. The summed E-state index contributed by atoms with van der Waals surface area (Å²) >= 11 is 0. The number of allylic oxidation sites excluding steroid dienone is 7. The molecule has 0 amide bonds. The van der Waals surface area contributed by atoms with E-state index in [1.54, 1.807) is 36.5 Å². The van der Waals surface area contributed by atoms with Gasteiger partial charge in [-0.15, -0.1) is 0 Å². The fourth-order valence-corrected chi connectivity index (χ4v) is 9.07. The summed E-state index contributed by atoms with van der Waals surface area (Å²) in [4.78, 5) is 61.9. The summed E-state index contributed by atoms with van der Waals surface area (Å²) in [5.41, 5.74) is 4.55. The number of nitrogen functional groups attached to an aromatic ring is 1. The molecule has 2 unspecified atom stereocenters. The van der Waals surface area contributed by atoms with Gasteiger partial charge in [-0.2, -0.15) is 9.29 Å². The molecule has 1 aliphatic rings. The van der Waals surface area contributed by atoms with Crippen LogP contribution in [0, 0.1) is 5.92 Å². The zero-order chi connectivity index (χ0) is 52.7. The van der Waals surface area contributed by atoms with E-state index in [2.05, 4.69) is 23.1 Å². The number of anilines is 1. The number of carbonyl (C=O) groups excluding carboxylic acids is 2. The average Bonchev–Trinajstić information content (AvgIpc) is 3.58. The standard InChI is InChI=1S/C48H79N3O18P2/c1-4-5-18-25-37(52)26-20-15-12-13-16-21-27-39(53)40(54)28-23-30-44(56)67-38(33-64-43(55)29-22-17-11-9-7-6-8-10-14-19-24-36(2)3)34-65-70(60,61)69-71(62,63)66-35-41-45(57)46(58)47(68-41)51-32-31-42(49)50-48(51)59/h5,12-13,15-16,18,20-21,26-27,31-32,36-41,45-47,52-54,57-58H,4,6-11,14,17,19,22-25,28-30,33-35H2,1-3H3,(H,60,61)(H,62,63)(H2,49,50,59)/b15-12+,16-13-,18-5-,26-20+,27-21-/t37-,38+,39+,40+,41+,45+,46+,47+/m0/s1. The number of nitrogens with zero attached hydrogens (tertiary/aromatic N) is 2. The number of hydrogen-bond acceptors (Lipinski definition) is 18. The third-order valence-electron chi connectivity index (χ3n) is 10.9. The van der Waals surface area contributed by atoms with Crippen LogP contribution in [0.25, 0.3) is 0 Å². The van der Waals surface area contributed by atoms with Crippen molar-refractivity contribution in [2.45, 2.75) is 179 Å². The predicted octanol–water partition coefficient (Wildman–Crippen LogP) is 6.32. The number of unbranched alkanes of at least 4 members (excludes halogenated alkanes) is 9.